The zero-order valence-electron chi connectivity index (χ0n) is 19.6. The Kier molecular flexibility index (Phi) is 6.97. The summed E-state index contributed by atoms with van der Waals surface area (Å²) in [6.45, 7) is 4.96. The third-order valence-corrected chi connectivity index (χ3v) is 5.44. The molecule has 0 radical (unpaired) electrons. The molecule has 3 aromatic rings. The molecule has 1 aliphatic rings. The van der Waals surface area contributed by atoms with Crippen molar-refractivity contribution in [3.63, 3.8) is 0 Å². The van der Waals surface area contributed by atoms with E-state index in [0.717, 1.165) is 11.3 Å². The van der Waals surface area contributed by atoms with Crippen LogP contribution in [0.1, 0.15) is 25.0 Å². The number of nitrogens with one attached hydrogen (secondary N) is 1. The standard InChI is InChI=1S/C28H28N2O4/c1-19(2)18-34-22-15-13-21(14-16-22)25-26(29-23-11-7-8-12-24(23)33-3)28(32)30(27(25)31)17-20-9-5-4-6-10-20/h4-16,19,29H,17-18H2,1-3H3. The number of imide groups is 1. The first-order valence-electron chi connectivity index (χ1n) is 11.3. The number of anilines is 1. The molecule has 1 aliphatic heterocycles. The molecule has 1 N–H and O–H groups in total. The zero-order chi connectivity index (χ0) is 24.1. The molecule has 4 rings (SSSR count). The Morgan fingerprint density at radius 1 is 0.853 bits per heavy atom. The van der Waals surface area contributed by atoms with Crippen molar-refractivity contribution in [1.29, 1.82) is 0 Å². The summed E-state index contributed by atoms with van der Waals surface area (Å²) < 4.78 is 11.2. The number of methoxy groups -OCH3 is 1. The molecule has 34 heavy (non-hydrogen) atoms. The van der Waals surface area contributed by atoms with Gasteiger partial charge in [0.1, 0.15) is 17.2 Å². The van der Waals surface area contributed by atoms with Crippen LogP contribution in [0.3, 0.4) is 0 Å². The van der Waals surface area contributed by atoms with Gasteiger partial charge in [0.05, 0.1) is 31.5 Å². The van der Waals surface area contributed by atoms with Gasteiger partial charge in [-0.3, -0.25) is 14.5 Å². The van der Waals surface area contributed by atoms with E-state index in [1.54, 1.807) is 13.2 Å². The minimum Gasteiger partial charge on any atom is -0.495 e. The topological polar surface area (TPSA) is 67.9 Å². The zero-order valence-corrected chi connectivity index (χ0v) is 19.6. The maximum absolute atomic E-state index is 13.5. The lowest BCUT2D eigenvalue weighted by Gasteiger charge is -2.16. The highest BCUT2D eigenvalue weighted by atomic mass is 16.5. The minimum atomic E-state index is -0.380. The monoisotopic (exact) mass is 456 g/mol. The SMILES string of the molecule is COc1ccccc1NC1=C(c2ccc(OCC(C)C)cc2)C(=O)N(Cc2ccccc2)C1=O. The molecule has 6 nitrogen and oxygen atoms in total. The predicted octanol–water partition coefficient (Wildman–Crippen LogP) is 5.12. The van der Waals surface area contributed by atoms with Gasteiger partial charge in [0.2, 0.25) is 0 Å². The Balaban J connectivity index is 1.70. The van der Waals surface area contributed by atoms with E-state index in [2.05, 4.69) is 19.2 Å². The summed E-state index contributed by atoms with van der Waals surface area (Å²) in [4.78, 5) is 28.3. The summed E-state index contributed by atoms with van der Waals surface area (Å²) in [5.41, 5.74) is 2.67. The van der Waals surface area contributed by atoms with Crippen molar-refractivity contribution in [2.75, 3.05) is 19.0 Å². The van der Waals surface area contributed by atoms with Crippen LogP contribution >= 0.6 is 0 Å². The fourth-order valence-corrected chi connectivity index (χ4v) is 3.73. The minimum absolute atomic E-state index is 0.189. The van der Waals surface area contributed by atoms with Crippen molar-refractivity contribution < 1.29 is 19.1 Å². The van der Waals surface area contributed by atoms with E-state index >= 15 is 0 Å². The van der Waals surface area contributed by atoms with Crippen molar-refractivity contribution in [2.45, 2.75) is 20.4 Å². The number of carbonyl (C=O) groups excluding carboxylic acids is 2. The quantitative estimate of drug-likeness (QED) is 0.453. The maximum atomic E-state index is 13.5. The highest BCUT2D eigenvalue weighted by Gasteiger charge is 2.39. The van der Waals surface area contributed by atoms with Crippen LogP contribution in [-0.4, -0.2) is 30.4 Å². The van der Waals surface area contributed by atoms with Gasteiger partial charge in [-0.1, -0.05) is 68.4 Å². The third kappa shape index (κ3) is 4.96. The fourth-order valence-electron chi connectivity index (χ4n) is 3.73. The van der Waals surface area contributed by atoms with Crippen LogP contribution in [0.15, 0.2) is 84.6 Å². The molecule has 0 atom stereocenters. The van der Waals surface area contributed by atoms with Crippen LogP contribution in [0.25, 0.3) is 5.57 Å². The van der Waals surface area contributed by atoms with Gasteiger partial charge in [-0.2, -0.15) is 0 Å². The number of amides is 2. The number of hydrogen-bond acceptors (Lipinski definition) is 5. The van der Waals surface area contributed by atoms with Gasteiger partial charge in [-0.15, -0.1) is 0 Å². The van der Waals surface area contributed by atoms with Gasteiger partial charge in [0, 0.05) is 0 Å². The van der Waals surface area contributed by atoms with E-state index in [4.69, 9.17) is 9.47 Å². The lowest BCUT2D eigenvalue weighted by Crippen LogP contribution is -2.32. The number of hydrogen-bond donors (Lipinski definition) is 1. The van der Waals surface area contributed by atoms with Crippen LogP contribution < -0.4 is 14.8 Å². The molecule has 1 heterocycles. The van der Waals surface area contributed by atoms with Crippen molar-refractivity contribution in [2.24, 2.45) is 5.92 Å². The predicted molar refractivity (Wildman–Crippen MR) is 132 cm³/mol. The summed E-state index contributed by atoms with van der Waals surface area (Å²) >= 11 is 0. The van der Waals surface area contributed by atoms with E-state index in [1.807, 2.05) is 72.8 Å². The Hall–Kier alpha value is -4.06. The van der Waals surface area contributed by atoms with Crippen molar-refractivity contribution in [3.05, 3.63) is 95.7 Å². The Labute approximate surface area is 199 Å². The first-order valence-corrected chi connectivity index (χ1v) is 11.3. The molecule has 0 aromatic heterocycles. The second kappa shape index (κ2) is 10.3. The van der Waals surface area contributed by atoms with Crippen LogP contribution in [-0.2, 0) is 16.1 Å². The molecule has 174 valence electrons. The van der Waals surface area contributed by atoms with Crippen molar-refractivity contribution in [1.82, 2.24) is 4.90 Å². The number of benzene rings is 3. The molecule has 0 bridgehead atoms. The van der Waals surface area contributed by atoms with E-state index < -0.39 is 0 Å². The van der Waals surface area contributed by atoms with E-state index in [-0.39, 0.29) is 24.1 Å². The first-order chi connectivity index (χ1) is 16.5. The fraction of sp³-hybridized carbons (Fsp3) is 0.214. The highest BCUT2D eigenvalue weighted by molar-refractivity contribution is 6.36. The lowest BCUT2D eigenvalue weighted by atomic mass is 10.0. The Morgan fingerprint density at radius 3 is 2.21 bits per heavy atom. The van der Waals surface area contributed by atoms with Crippen LogP contribution in [0, 0.1) is 5.92 Å². The Bertz CT molecular complexity index is 1200. The molecule has 3 aromatic carbocycles. The molecular formula is C28H28N2O4. The van der Waals surface area contributed by atoms with Crippen LogP contribution in [0.5, 0.6) is 11.5 Å². The van der Waals surface area contributed by atoms with Crippen LogP contribution in [0.2, 0.25) is 0 Å². The molecule has 2 amide bonds. The summed E-state index contributed by atoms with van der Waals surface area (Å²) in [6.07, 6.45) is 0. The molecule has 0 aliphatic carbocycles. The average Bonchev–Trinajstić information content (AvgIpc) is 3.08. The normalized spacial score (nSPS) is 13.6. The van der Waals surface area contributed by atoms with Gasteiger partial charge in [0.25, 0.3) is 11.8 Å². The number of nitrogens with zero attached hydrogens (tertiary/aromatic N) is 1. The van der Waals surface area contributed by atoms with E-state index in [1.165, 1.54) is 4.90 Å². The van der Waals surface area contributed by atoms with Gasteiger partial charge < -0.3 is 14.8 Å². The summed E-state index contributed by atoms with van der Waals surface area (Å²) in [5, 5.41) is 3.17. The number of ether oxygens (including phenoxy) is 2. The molecule has 0 saturated carbocycles. The average molecular weight is 457 g/mol. The van der Waals surface area contributed by atoms with E-state index in [9.17, 15) is 9.59 Å². The molecule has 6 heteroatoms. The van der Waals surface area contributed by atoms with Gasteiger partial charge in [-0.05, 0) is 41.3 Å². The summed E-state index contributed by atoms with van der Waals surface area (Å²) in [5.74, 6) is 0.973. The molecular weight excluding hydrogens is 428 g/mol. The van der Waals surface area contributed by atoms with Crippen LogP contribution in [0.4, 0.5) is 5.69 Å². The molecule has 0 unspecified atom stereocenters. The third-order valence-electron chi connectivity index (χ3n) is 5.44. The van der Waals surface area contributed by atoms with Crippen molar-refractivity contribution >= 4 is 23.1 Å². The number of carbonyl (C=O) groups is 2. The molecule has 0 spiro atoms. The number of para-hydroxylation sites is 2. The Morgan fingerprint density at radius 2 is 1.53 bits per heavy atom. The second-order valence-corrected chi connectivity index (χ2v) is 8.49. The lowest BCUT2D eigenvalue weighted by molar-refractivity contribution is -0.137. The second-order valence-electron chi connectivity index (χ2n) is 8.49. The van der Waals surface area contributed by atoms with E-state index in [0.29, 0.717) is 35.1 Å². The molecule has 0 saturated heterocycles. The molecule has 0 fully saturated rings. The summed E-state index contributed by atoms with van der Waals surface area (Å²) in [7, 11) is 1.56. The van der Waals surface area contributed by atoms with Gasteiger partial charge in [-0.25, -0.2) is 0 Å². The smallest absolute Gasteiger partial charge is 0.278 e. The van der Waals surface area contributed by atoms with Gasteiger partial charge in [0.15, 0.2) is 0 Å². The summed E-state index contributed by atoms with van der Waals surface area (Å²) in [6, 6.07) is 24.0. The maximum Gasteiger partial charge on any atom is 0.278 e. The number of rotatable bonds is 9. The largest absolute Gasteiger partial charge is 0.495 e. The highest BCUT2D eigenvalue weighted by Crippen LogP contribution is 2.34. The first kappa shape index (κ1) is 23.1. The van der Waals surface area contributed by atoms with Crippen molar-refractivity contribution in [3.8, 4) is 11.5 Å². The van der Waals surface area contributed by atoms with Gasteiger partial charge >= 0.3 is 0 Å².